The van der Waals surface area contributed by atoms with Gasteiger partial charge in [-0.15, -0.1) is 0 Å². The first-order valence-corrected chi connectivity index (χ1v) is 4.76. The minimum Gasteiger partial charge on any atom is -0.463 e. The molecule has 0 amide bonds. The zero-order valence-corrected chi connectivity index (χ0v) is 8.67. The van der Waals surface area contributed by atoms with Gasteiger partial charge in [0.25, 0.3) is 11.6 Å². The molecule has 0 fully saturated rings. The minimum absolute atomic E-state index is 0.0458. The number of hydrogen-bond acceptors (Lipinski definition) is 7. The molecule has 0 saturated carbocycles. The van der Waals surface area contributed by atoms with E-state index >= 15 is 0 Å². The minimum atomic E-state index is -1.40. The average Bonchev–Trinajstić information content (AvgIpc) is 2.87. The fourth-order valence-corrected chi connectivity index (χ4v) is 1.44. The molecule has 1 atom stereocenters. The van der Waals surface area contributed by atoms with Crippen LogP contribution in [-0.2, 0) is 19.9 Å². The molecule has 1 aromatic rings. The Morgan fingerprint density at radius 1 is 1.75 bits per heavy atom. The van der Waals surface area contributed by atoms with Crippen molar-refractivity contribution in [2.75, 3.05) is 13.2 Å². The summed E-state index contributed by atoms with van der Waals surface area (Å²) in [5, 5.41) is 3.68. The summed E-state index contributed by atoms with van der Waals surface area (Å²) in [6, 6.07) is 1.46. The largest absolute Gasteiger partial charge is 0.463 e. The molecule has 0 aliphatic carbocycles. The van der Waals surface area contributed by atoms with Gasteiger partial charge < -0.3 is 19.7 Å². The maximum Gasteiger partial charge on any atom is 0.359 e. The molecule has 1 aliphatic heterocycles. The highest BCUT2D eigenvalue weighted by Gasteiger charge is 2.50. The van der Waals surface area contributed by atoms with E-state index in [1.807, 2.05) is 0 Å². The molecular formula is C9H11N3O4. The lowest BCUT2D eigenvalue weighted by molar-refractivity contribution is -0.162. The first-order chi connectivity index (χ1) is 7.69. The maximum atomic E-state index is 11.9. The maximum absolute atomic E-state index is 11.9. The third-order valence-corrected chi connectivity index (χ3v) is 2.19. The quantitative estimate of drug-likeness (QED) is 0.713. The molecule has 0 spiro atoms. The summed E-state index contributed by atoms with van der Waals surface area (Å²) in [6.45, 7) is 1.99. The van der Waals surface area contributed by atoms with Gasteiger partial charge in [0.05, 0.1) is 6.61 Å². The van der Waals surface area contributed by atoms with E-state index in [4.69, 9.17) is 15.2 Å². The molecule has 1 unspecified atom stereocenters. The zero-order valence-electron chi connectivity index (χ0n) is 8.67. The molecule has 0 aromatic carbocycles. The standard InChI is InChI=1S/C9H11N3O4/c1-2-14-7(13)9(5-11-8(10)16-9)6-3-4-15-12-6/h3-4H,2,5H2,1H3,(H2,10,11). The number of hydrogen-bond donors (Lipinski definition) is 1. The number of carbonyl (C=O) groups is 1. The third kappa shape index (κ3) is 1.50. The van der Waals surface area contributed by atoms with Crippen LogP contribution in [0.1, 0.15) is 12.6 Å². The monoisotopic (exact) mass is 225 g/mol. The van der Waals surface area contributed by atoms with Crippen LogP contribution in [-0.4, -0.2) is 30.3 Å². The normalized spacial score (nSPS) is 23.7. The lowest BCUT2D eigenvalue weighted by Gasteiger charge is -2.22. The van der Waals surface area contributed by atoms with Crippen LogP contribution in [0.25, 0.3) is 0 Å². The van der Waals surface area contributed by atoms with Gasteiger partial charge in [-0.1, -0.05) is 5.16 Å². The number of rotatable bonds is 3. The molecule has 2 rings (SSSR count). The summed E-state index contributed by atoms with van der Waals surface area (Å²) in [7, 11) is 0. The summed E-state index contributed by atoms with van der Waals surface area (Å²) < 4.78 is 14.9. The summed E-state index contributed by atoms with van der Waals surface area (Å²) >= 11 is 0. The number of ether oxygens (including phenoxy) is 2. The predicted molar refractivity (Wildman–Crippen MR) is 52.4 cm³/mol. The summed E-state index contributed by atoms with van der Waals surface area (Å²) in [4.78, 5) is 15.7. The van der Waals surface area contributed by atoms with E-state index in [9.17, 15) is 4.79 Å². The predicted octanol–water partition coefficient (Wildman–Crippen LogP) is -0.222. The second kappa shape index (κ2) is 3.84. The number of amidine groups is 1. The van der Waals surface area contributed by atoms with Gasteiger partial charge >= 0.3 is 5.97 Å². The van der Waals surface area contributed by atoms with Crippen molar-refractivity contribution in [3.63, 3.8) is 0 Å². The van der Waals surface area contributed by atoms with Gasteiger partial charge in [0.1, 0.15) is 18.5 Å². The SMILES string of the molecule is CCOC(=O)C1(c2ccon2)CN=C(N)O1. The van der Waals surface area contributed by atoms with Gasteiger partial charge in [-0.05, 0) is 6.92 Å². The molecular weight excluding hydrogens is 214 g/mol. The molecule has 0 bridgehead atoms. The Balaban J connectivity index is 2.32. The van der Waals surface area contributed by atoms with Crippen molar-refractivity contribution in [3.8, 4) is 0 Å². The van der Waals surface area contributed by atoms with Gasteiger partial charge in [-0.25, -0.2) is 9.79 Å². The Hall–Kier alpha value is -2.05. The zero-order chi connectivity index (χ0) is 11.6. The van der Waals surface area contributed by atoms with Crippen molar-refractivity contribution in [3.05, 3.63) is 18.0 Å². The van der Waals surface area contributed by atoms with Crippen molar-refractivity contribution in [1.82, 2.24) is 5.16 Å². The number of carbonyl (C=O) groups excluding carboxylic acids is 1. The Morgan fingerprint density at radius 3 is 3.06 bits per heavy atom. The molecule has 1 aliphatic rings. The number of esters is 1. The molecule has 2 heterocycles. The van der Waals surface area contributed by atoms with Gasteiger partial charge in [-0.2, -0.15) is 0 Å². The van der Waals surface area contributed by atoms with Crippen LogP contribution in [0, 0.1) is 0 Å². The number of nitrogens with two attached hydrogens (primary N) is 1. The molecule has 86 valence electrons. The number of aromatic nitrogens is 1. The van der Waals surface area contributed by atoms with Crippen LogP contribution in [0.4, 0.5) is 0 Å². The van der Waals surface area contributed by atoms with Crippen molar-refractivity contribution in [1.29, 1.82) is 0 Å². The van der Waals surface area contributed by atoms with Gasteiger partial charge in [0.15, 0.2) is 0 Å². The summed E-state index contributed by atoms with van der Waals surface area (Å²) in [5.41, 5.74) is 4.32. The van der Waals surface area contributed by atoms with E-state index in [2.05, 4.69) is 14.7 Å². The molecule has 2 N–H and O–H groups in total. The van der Waals surface area contributed by atoms with E-state index < -0.39 is 11.6 Å². The van der Waals surface area contributed by atoms with Crippen molar-refractivity contribution < 1.29 is 18.8 Å². The molecule has 0 radical (unpaired) electrons. The van der Waals surface area contributed by atoms with E-state index in [1.165, 1.54) is 12.3 Å². The van der Waals surface area contributed by atoms with Crippen LogP contribution in [0.3, 0.4) is 0 Å². The van der Waals surface area contributed by atoms with E-state index in [-0.39, 0.29) is 19.2 Å². The highest BCUT2D eigenvalue weighted by Crippen LogP contribution is 2.30. The van der Waals surface area contributed by atoms with Crippen molar-refractivity contribution in [2.45, 2.75) is 12.5 Å². The Morgan fingerprint density at radius 2 is 2.56 bits per heavy atom. The Bertz CT molecular complexity index is 414. The summed E-state index contributed by atoms with van der Waals surface area (Å²) in [6.07, 6.45) is 1.34. The van der Waals surface area contributed by atoms with Crippen LogP contribution >= 0.6 is 0 Å². The van der Waals surface area contributed by atoms with Gasteiger partial charge in [0, 0.05) is 6.07 Å². The second-order valence-corrected chi connectivity index (χ2v) is 3.19. The van der Waals surface area contributed by atoms with Crippen LogP contribution < -0.4 is 5.73 Å². The topological polar surface area (TPSA) is 99.9 Å². The first kappa shape index (κ1) is 10.5. The van der Waals surface area contributed by atoms with Gasteiger partial charge in [-0.3, -0.25) is 0 Å². The molecule has 7 heteroatoms. The third-order valence-electron chi connectivity index (χ3n) is 2.19. The lowest BCUT2D eigenvalue weighted by Crippen LogP contribution is -2.42. The van der Waals surface area contributed by atoms with Crippen LogP contribution in [0.2, 0.25) is 0 Å². The first-order valence-electron chi connectivity index (χ1n) is 4.76. The highest BCUT2D eigenvalue weighted by atomic mass is 16.6. The smallest absolute Gasteiger partial charge is 0.359 e. The second-order valence-electron chi connectivity index (χ2n) is 3.19. The molecule has 7 nitrogen and oxygen atoms in total. The van der Waals surface area contributed by atoms with Crippen LogP contribution in [0.15, 0.2) is 21.8 Å². The fraction of sp³-hybridized carbons (Fsp3) is 0.444. The number of aliphatic imine (C=N–C) groups is 1. The highest BCUT2D eigenvalue weighted by molar-refractivity contribution is 5.87. The van der Waals surface area contributed by atoms with E-state index in [0.29, 0.717) is 5.69 Å². The molecule has 0 saturated heterocycles. The Labute approximate surface area is 91.2 Å². The van der Waals surface area contributed by atoms with Crippen molar-refractivity contribution >= 4 is 12.0 Å². The number of nitrogens with zero attached hydrogens (tertiary/aromatic N) is 2. The summed E-state index contributed by atoms with van der Waals surface area (Å²) in [5.74, 6) is -0.576. The average molecular weight is 225 g/mol. The van der Waals surface area contributed by atoms with E-state index in [0.717, 1.165) is 0 Å². The molecule has 16 heavy (non-hydrogen) atoms. The van der Waals surface area contributed by atoms with Crippen molar-refractivity contribution in [2.24, 2.45) is 10.7 Å². The van der Waals surface area contributed by atoms with Gasteiger partial charge in [0.2, 0.25) is 0 Å². The van der Waals surface area contributed by atoms with E-state index in [1.54, 1.807) is 6.92 Å². The lowest BCUT2D eigenvalue weighted by atomic mass is 10.0. The van der Waals surface area contributed by atoms with Crippen LogP contribution in [0.5, 0.6) is 0 Å². The fourth-order valence-electron chi connectivity index (χ4n) is 1.44. The molecule has 1 aromatic heterocycles. The Kier molecular flexibility index (Phi) is 2.51.